The van der Waals surface area contributed by atoms with E-state index in [1.807, 2.05) is 12.2 Å². The Labute approximate surface area is 245 Å². The molecule has 2 aromatic carbocycles. The average Bonchev–Trinajstić information content (AvgIpc) is 3.45. The van der Waals surface area contributed by atoms with Crippen LogP contribution in [0.2, 0.25) is 5.02 Å². The van der Waals surface area contributed by atoms with E-state index in [9.17, 15) is 14.4 Å². The Bertz CT molecular complexity index is 1550. The molecule has 42 heavy (non-hydrogen) atoms. The van der Waals surface area contributed by atoms with Gasteiger partial charge in [0, 0.05) is 28.8 Å². The van der Waals surface area contributed by atoms with Crippen LogP contribution in [0.15, 0.2) is 64.1 Å². The molecule has 1 atom stereocenters. The highest BCUT2D eigenvalue weighted by Crippen LogP contribution is 2.32. The largest absolute Gasteiger partial charge is 0.453 e. The maximum Gasteiger partial charge on any atom is 0.411 e. The first kappa shape index (κ1) is 29.8. The number of fused-ring (bicyclic) bond motifs is 4. The number of methoxy groups -OCH3 is 1. The summed E-state index contributed by atoms with van der Waals surface area (Å²) in [5.41, 5.74) is 2.22. The van der Waals surface area contributed by atoms with E-state index in [1.165, 1.54) is 24.5 Å². The predicted octanol–water partition coefficient (Wildman–Crippen LogP) is 3.70. The van der Waals surface area contributed by atoms with Crippen molar-refractivity contribution in [2.45, 2.75) is 25.3 Å². The van der Waals surface area contributed by atoms with Gasteiger partial charge in [0.2, 0.25) is 23.6 Å². The fraction of sp³-hybridized carbons (Fsp3) is 0.185. The normalized spacial score (nSPS) is 16.0. The SMILES string of the molecule is COC(=O)Nc1ccc2c(c1)NC(=O)CC/C=C/C[C@H](NC(=O)/C=C/c1cc(Cl)ccc1N(N)/C=N\N)c1nnc-2o1. The van der Waals surface area contributed by atoms with Gasteiger partial charge in [-0.1, -0.05) is 23.8 Å². The number of aromatic nitrogens is 2. The number of nitrogens with one attached hydrogen (secondary N) is 3. The molecule has 2 heterocycles. The van der Waals surface area contributed by atoms with Gasteiger partial charge in [-0.05, 0) is 55.3 Å². The van der Waals surface area contributed by atoms with Gasteiger partial charge in [0.05, 0.1) is 24.0 Å². The van der Waals surface area contributed by atoms with E-state index in [-0.39, 0.29) is 24.1 Å². The molecule has 0 radical (unpaired) electrons. The second kappa shape index (κ2) is 13.9. The van der Waals surface area contributed by atoms with Crippen molar-refractivity contribution in [3.63, 3.8) is 0 Å². The molecule has 0 fully saturated rings. The Balaban J connectivity index is 1.60. The number of ether oxygens (including phenoxy) is 1. The van der Waals surface area contributed by atoms with Crippen molar-refractivity contribution in [1.82, 2.24) is 15.5 Å². The Morgan fingerprint density at radius 1 is 1.24 bits per heavy atom. The highest BCUT2D eigenvalue weighted by molar-refractivity contribution is 6.30. The third kappa shape index (κ3) is 7.71. The van der Waals surface area contributed by atoms with Crippen LogP contribution < -0.4 is 32.6 Å². The van der Waals surface area contributed by atoms with E-state index in [4.69, 9.17) is 27.7 Å². The highest BCUT2D eigenvalue weighted by Gasteiger charge is 2.22. The number of carbonyl (C=O) groups excluding carboxylic acids is 3. The molecule has 7 N–H and O–H groups in total. The molecular weight excluding hydrogens is 566 g/mol. The van der Waals surface area contributed by atoms with E-state index >= 15 is 0 Å². The maximum absolute atomic E-state index is 13.0. The van der Waals surface area contributed by atoms with Gasteiger partial charge in [-0.2, -0.15) is 5.10 Å². The van der Waals surface area contributed by atoms with Gasteiger partial charge >= 0.3 is 6.09 Å². The zero-order chi connectivity index (χ0) is 30.1. The minimum absolute atomic E-state index is 0.108. The molecule has 0 spiro atoms. The number of anilines is 3. The van der Waals surface area contributed by atoms with E-state index in [1.54, 1.807) is 42.5 Å². The molecule has 15 heteroatoms. The first-order chi connectivity index (χ1) is 20.3. The summed E-state index contributed by atoms with van der Waals surface area (Å²) in [5, 5.41) is 21.6. The summed E-state index contributed by atoms with van der Waals surface area (Å²) in [4.78, 5) is 37.2. The molecule has 1 aliphatic heterocycles. The number of allylic oxidation sites excluding steroid dienone is 1. The van der Waals surface area contributed by atoms with Crippen molar-refractivity contribution in [2.75, 3.05) is 22.8 Å². The fourth-order valence-electron chi connectivity index (χ4n) is 3.98. The second-order valence-electron chi connectivity index (χ2n) is 8.89. The summed E-state index contributed by atoms with van der Waals surface area (Å²) in [6.45, 7) is 0. The van der Waals surface area contributed by atoms with Gasteiger partial charge in [-0.25, -0.2) is 10.6 Å². The third-order valence-corrected chi connectivity index (χ3v) is 6.20. The molecule has 218 valence electrons. The number of halogens is 1. The molecule has 0 saturated carbocycles. The number of benzene rings is 2. The smallest absolute Gasteiger partial charge is 0.411 e. The number of rotatable bonds is 6. The summed E-state index contributed by atoms with van der Waals surface area (Å²) >= 11 is 6.14. The van der Waals surface area contributed by atoms with Crippen molar-refractivity contribution >= 4 is 59.0 Å². The number of hydrogen-bond donors (Lipinski definition) is 5. The molecule has 2 bridgehead atoms. The summed E-state index contributed by atoms with van der Waals surface area (Å²) in [6, 6.07) is 9.03. The Hall–Kier alpha value is -5.21. The number of hydrogen-bond acceptors (Lipinski definition) is 10. The van der Waals surface area contributed by atoms with E-state index in [0.29, 0.717) is 46.1 Å². The maximum atomic E-state index is 13.0. The van der Waals surface area contributed by atoms with Crippen LogP contribution in [0.25, 0.3) is 17.5 Å². The molecule has 0 aliphatic carbocycles. The molecule has 0 unspecified atom stereocenters. The van der Waals surface area contributed by atoms with E-state index in [2.05, 4.69) is 36.0 Å². The monoisotopic (exact) mass is 593 g/mol. The van der Waals surface area contributed by atoms with Crippen LogP contribution in [0, 0.1) is 0 Å². The van der Waals surface area contributed by atoms with Crippen LogP contribution in [0.5, 0.6) is 0 Å². The van der Waals surface area contributed by atoms with Crippen molar-refractivity contribution in [2.24, 2.45) is 16.8 Å². The number of hydrazone groups is 1. The lowest BCUT2D eigenvalue weighted by atomic mass is 10.1. The van der Waals surface area contributed by atoms with Gasteiger partial charge in [-0.15, -0.1) is 10.2 Å². The average molecular weight is 594 g/mol. The van der Waals surface area contributed by atoms with Crippen LogP contribution in [-0.4, -0.2) is 41.6 Å². The molecular formula is C27H28ClN9O5. The number of nitrogens with zero attached hydrogens (tertiary/aromatic N) is 4. The first-order valence-electron chi connectivity index (χ1n) is 12.6. The van der Waals surface area contributed by atoms with Gasteiger partial charge < -0.3 is 25.6 Å². The van der Waals surface area contributed by atoms with Crippen LogP contribution in [0.4, 0.5) is 21.9 Å². The van der Waals surface area contributed by atoms with Gasteiger partial charge in [0.25, 0.3) is 0 Å². The van der Waals surface area contributed by atoms with E-state index in [0.717, 1.165) is 0 Å². The molecule has 1 aromatic heterocycles. The van der Waals surface area contributed by atoms with Gasteiger partial charge in [-0.3, -0.25) is 19.9 Å². The molecule has 4 rings (SSSR count). The lowest BCUT2D eigenvalue weighted by molar-refractivity contribution is -0.117. The Morgan fingerprint density at radius 2 is 2.07 bits per heavy atom. The summed E-state index contributed by atoms with van der Waals surface area (Å²) < 4.78 is 10.6. The summed E-state index contributed by atoms with van der Waals surface area (Å²) in [6.07, 6.45) is 8.04. The number of nitrogens with two attached hydrogens (primary N) is 2. The zero-order valence-corrected chi connectivity index (χ0v) is 23.2. The number of carbonyl (C=O) groups is 3. The molecule has 3 aromatic rings. The molecule has 0 saturated heterocycles. The second-order valence-corrected chi connectivity index (χ2v) is 9.32. The lowest BCUT2D eigenvalue weighted by Gasteiger charge is -2.15. The quantitative estimate of drug-likeness (QED) is 0.0700. The van der Waals surface area contributed by atoms with Crippen LogP contribution in [0.1, 0.15) is 36.8 Å². The van der Waals surface area contributed by atoms with Crippen molar-refractivity contribution in [3.05, 3.63) is 71.1 Å². The van der Waals surface area contributed by atoms with E-state index < -0.39 is 18.0 Å². The summed E-state index contributed by atoms with van der Waals surface area (Å²) in [7, 11) is 1.24. The van der Waals surface area contributed by atoms with Crippen molar-refractivity contribution in [3.8, 4) is 11.5 Å². The Morgan fingerprint density at radius 3 is 2.86 bits per heavy atom. The fourth-order valence-corrected chi connectivity index (χ4v) is 4.16. The predicted molar refractivity (Wildman–Crippen MR) is 158 cm³/mol. The van der Waals surface area contributed by atoms with Gasteiger partial charge in [0.15, 0.2) is 0 Å². The summed E-state index contributed by atoms with van der Waals surface area (Å²) in [5.74, 6) is 10.7. The standard InChI is InChI=1S/C27H28ClN9O5/c1-41-27(40)32-18-9-10-19-21(14-18)34-23(38)6-4-2-3-5-20(26-36-35-25(19)42-26)33-24(39)12-7-16-13-17(28)8-11-22(16)37(30)15-31-29/h2-3,7-15,20H,4-6,29-30H2,1H3,(H,32,40)(H,33,39)(H,34,38)/b3-2+,12-7+,31-15-/t20-/m0/s1. The third-order valence-electron chi connectivity index (χ3n) is 5.96. The molecule has 14 nitrogen and oxygen atoms in total. The number of hydrazine groups is 1. The minimum atomic E-state index is -0.679. The topological polar surface area (TPSA) is 203 Å². The van der Waals surface area contributed by atoms with Gasteiger partial charge in [0.1, 0.15) is 12.4 Å². The molecule has 3 amide bonds. The van der Waals surface area contributed by atoms with Crippen LogP contribution in [0.3, 0.4) is 0 Å². The van der Waals surface area contributed by atoms with Crippen LogP contribution in [-0.2, 0) is 14.3 Å². The first-order valence-corrected chi connectivity index (χ1v) is 13.0. The van der Waals surface area contributed by atoms with Crippen LogP contribution >= 0.6 is 11.6 Å². The van der Waals surface area contributed by atoms with Crippen molar-refractivity contribution < 1.29 is 23.5 Å². The zero-order valence-electron chi connectivity index (χ0n) is 22.4. The van der Waals surface area contributed by atoms with Crippen molar-refractivity contribution in [1.29, 1.82) is 0 Å². The molecule has 1 aliphatic rings. The lowest BCUT2D eigenvalue weighted by Crippen LogP contribution is -2.30. The highest BCUT2D eigenvalue weighted by atomic mass is 35.5. The minimum Gasteiger partial charge on any atom is -0.453 e. The number of amides is 3. The Kier molecular flexibility index (Phi) is 9.86.